The molecule has 0 aliphatic heterocycles. The molecule has 1 aromatic carbocycles. The Morgan fingerprint density at radius 2 is 1.93 bits per heavy atom. The molecule has 6 nitrogen and oxygen atoms in total. The van der Waals surface area contributed by atoms with E-state index in [2.05, 4.69) is 12.2 Å². The van der Waals surface area contributed by atoms with Crippen molar-refractivity contribution in [2.75, 3.05) is 18.2 Å². The predicted octanol–water partition coefficient (Wildman–Crippen LogP) is 3.71. The SMILES string of the molecule is CCOC(=O)c1c(NC(=O)c2ccc(S(C)(=O)=O)cc2)sc2c1CC[C@@H](C)C2. The molecule has 0 saturated carbocycles. The number of hydrogen-bond acceptors (Lipinski definition) is 6. The van der Waals surface area contributed by atoms with Gasteiger partial charge in [0, 0.05) is 16.7 Å². The molecule has 28 heavy (non-hydrogen) atoms. The van der Waals surface area contributed by atoms with Crippen molar-refractivity contribution in [3.05, 3.63) is 45.8 Å². The van der Waals surface area contributed by atoms with Crippen LogP contribution in [0.2, 0.25) is 0 Å². The van der Waals surface area contributed by atoms with Crippen molar-refractivity contribution in [2.24, 2.45) is 5.92 Å². The molecule has 1 N–H and O–H groups in total. The molecule has 3 rings (SSSR count). The van der Waals surface area contributed by atoms with E-state index in [4.69, 9.17) is 4.74 Å². The Labute approximate surface area is 168 Å². The van der Waals surface area contributed by atoms with Crippen LogP contribution in [0, 0.1) is 5.92 Å². The first-order valence-corrected chi connectivity index (χ1v) is 11.8. The molecule has 0 radical (unpaired) electrons. The van der Waals surface area contributed by atoms with Crippen molar-refractivity contribution in [3.8, 4) is 0 Å². The molecule has 0 saturated heterocycles. The van der Waals surface area contributed by atoms with Crippen LogP contribution in [0.25, 0.3) is 0 Å². The van der Waals surface area contributed by atoms with Gasteiger partial charge in [0.2, 0.25) is 0 Å². The maximum Gasteiger partial charge on any atom is 0.341 e. The first-order valence-electron chi connectivity index (χ1n) is 9.13. The summed E-state index contributed by atoms with van der Waals surface area (Å²) in [4.78, 5) is 26.5. The standard InChI is InChI=1S/C20H23NO5S2/c1-4-26-20(23)17-15-10-5-12(2)11-16(15)27-19(17)21-18(22)13-6-8-14(9-7-13)28(3,24)25/h6-9,12H,4-5,10-11H2,1-3H3,(H,21,22)/t12-/m1/s1. The van der Waals surface area contributed by atoms with E-state index in [1.165, 1.54) is 35.6 Å². The van der Waals surface area contributed by atoms with E-state index in [0.29, 0.717) is 22.0 Å². The number of carbonyl (C=O) groups excluding carboxylic acids is 2. The highest BCUT2D eigenvalue weighted by molar-refractivity contribution is 7.90. The number of carbonyl (C=O) groups is 2. The lowest BCUT2D eigenvalue weighted by Gasteiger charge is -2.18. The lowest BCUT2D eigenvalue weighted by molar-refractivity contribution is 0.0526. The second-order valence-electron chi connectivity index (χ2n) is 7.03. The zero-order chi connectivity index (χ0) is 20.5. The summed E-state index contributed by atoms with van der Waals surface area (Å²) < 4.78 is 28.4. The molecule has 0 spiro atoms. The average molecular weight is 422 g/mol. The molecule has 1 heterocycles. The number of anilines is 1. The normalized spacial score (nSPS) is 16.3. The van der Waals surface area contributed by atoms with Crippen LogP contribution in [0.4, 0.5) is 5.00 Å². The van der Waals surface area contributed by atoms with Gasteiger partial charge >= 0.3 is 5.97 Å². The van der Waals surface area contributed by atoms with Crippen molar-refractivity contribution in [1.29, 1.82) is 0 Å². The van der Waals surface area contributed by atoms with E-state index in [1.807, 2.05) is 0 Å². The number of nitrogens with one attached hydrogen (secondary N) is 1. The number of benzene rings is 1. The van der Waals surface area contributed by atoms with Gasteiger partial charge in [-0.1, -0.05) is 6.92 Å². The number of thiophene rings is 1. The maximum absolute atomic E-state index is 12.7. The molecule has 0 unspecified atom stereocenters. The number of esters is 1. The zero-order valence-corrected chi connectivity index (χ0v) is 17.7. The molecule has 2 aromatic rings. The minimum atomic E-state index is -3.33. The van der Waals surface area contributed by atoms with Crippen LogP contribution in [0.15, 0.2) is 29.2 Å². The summed E-state index contributed by atoms with van der Waals surface area (Å²) in [7, 11) is -3.33. The third kappa shape index (κ3) is 4.28. The van der Waals surface area contributed by atoms with Crippen LogP contribution in [-0.2, 0) is 27.4 Å². The van der Waals surface area contributed by atoms with E-state index >= 15 is 0 Å². The number of ether oxygens (including phenoxy) is 1. The predicted molar refractivity (Wildman–Crippen MR) is 109 cm³/mol. The van der Waals surface area contributed by atoms with Gasteiger partial charge in [0.1, 0.15) is 5.00 Å². The van der Waals surface area contributed by atoms with Gasteiger partial charge in [-0.25, -0.2) is 13.2 Å². The highest BCUT2D eigenvalue weighted by Gasteiger charge is 2.29. The number of hydrogen-bond donors (Lipinski definition) is 1. The third-order valence-corrected chi connectivity index (χ3v) is 7.06. The third-order valence-electron chi connectivity index (χ3n) is 4.76. The highest BCUT2D eigenvalue weighted by Crippen LogP contribution is 2.40. The Balaban J connectivity index is 1.91. The lowest BCUT2D eigenvalue weighted by atomic mass is 9.88. The van der Waals surface area contributed by atoms with Crippen molar-refractivity contribution in [3.63, 3.8) is 0 Å². The molecule has 1 aromatic heterocycles. The lowest BCUT2D eigenvalue weighted by Crippen LogP contribution is -2.16. The van der Waals surface area contributed by atoms with Crippen molar-refractivity contribution in [1.82, 2.24) is 0 Å². The smallest absolute Gasteiger partial charge is 0.341 e. The van der Waals surface area contributed by atoms with E-state index < -0.39 is 21.7 Å². The quantitative estimate of drug-likeness (QED) is 0.744. The Morgan fingerprint density at radius 3 is 2.54 bits per heavy atom. The summed E-state index contributed by atoms with van der Waals surface area (Å²) in [5, 5.41) is 3.32. The molecule has 1 aliphatic rings. The maximum atomic E-state index is 12.7. The fourth-order valence-electron chi connectivity index (χ4n) is 3.29. The van der Waals surface area contributed by atoms with Gasteiger partial charge in [0.15, 0.2) is 9.84 Å². The van der Waals surface area contributed by atoms with Crippen LogP contribution >= 0.6 is 11.3 Å². The monoisotopic (exact) mass is 421 g/mol. The molecule has 1 amide bonds. The van der Waals surface area contributed by atoms with E-state index in [9.17, 15) is 18.0 Å². The fourth-order valence-corrected chi connectivity index (χ4v) is 5.31. The molecular weight excluding hydrogens is 398 g/mol. The van der Waals surface area contributed by atoms with Gasteiger partial charge in [0.25, 0.3) is 5.91 Å². The van der Waals surface area contributed by atoms with Gasteiger partial charge in [0.05, 0.1) is 17.1 Å². The molecule has 1 atom stereocenters. The summed E-state index contributed by atoms with van der Waals surface area (Å²) >= 11 is 1.42. The van der Waals surface area contributed by atoms with Gasteiger partial charge in [-0.15, -0.1) is 11.3 Å². The summed E-state index contributed by atoms with van der Waals surface area (Å²) in [6.07, 6.45) is 3.78. The van der Waals surface area contributed by atoms with Crippen molar-refractivity contribution < 1.29 is 22.7 Å². The summed E-state index contributed by atoms with van der Waals surface area (Å²) in [6.45, 7) is 4.19. The second-order valence-corrected chi connectivity index (χ2v) is 10.1. The molecule has 0 fully saturated rings. The highest BCUT2D eigenvalue weighted by atomic mass is 32.2. The number of sulfone groups is 1. The molecule has 8 heteroatoms. The Morgan fingerprint density at radius 1 is 1.25 bits per heavy atom. The molecular formula is C20H23NO5S2. The van der Waals surface area contributed by atoms with E-state index in [1.54, 1.807) is 6.92 Å². The number of fused-ring (bicyclic) bond motifs is 1. The van der Waals surface area contributed by atoms with E-state index in [0.717, 1.165) is 36.0 Å². The van der Waals surface area contributed by atoms with Crippen molar-refractivity contribution in [2.45, 2.75) is 38.0 Å². The summed E-state index contributed by atoms with van der Waals surface area (Å²) in [6, 6.07) is 5.73. The van der Waals surface area contributed by atoms with Crippen LogP contribution in [-0.4, -0.2) is 33.2 Å². The van der Waals surface area contributed by atoms with Crippen LogP contribution in [0.3, 0.4) is 0 Å². The number of amides is 1. The zero-order valence-electron chi connectivity index (χ0n) is 16.1. The average Bonchev–Trinajstić information content (AvgIpc) is 2.98. The first-order chi connectivity index (χ1) is 13.2. The summed E-state index contributed by atoms with van der Waals surface area (Å²) in [5.74, 6) is -0.275. The second kappa shape index (κ2) is 8.05. The first kappa shape index (κ1) is 20.5. The Hall–Kier alpha value is -2.19. The number of rotatable bonds is 5. The molecule has 1 aliphatic carbocycles. The minimum Gasteiger partial charge on any atom is -0.462 e. The Bertz CT molecular complexity index is 1010. The minimum absolute atomic E-state index is 0.150. The molecule has 0 bridgehead atoms. The Kier molecular flexibility index (Phi) is 5.90. The molecule has 150 valence electrons. The van der Waals surface area contributed by atoms with Crippen molar-refractivity contribution >= 4 is 38.1 Å². The van der Waals surface area contributed by atoms with Crippen LogP contribution in [0.1, 0.15) is 51.4 Å². The van der Waals surface area contributed by atoms with Gasteiger partial charge in [-0.2, -0.15) is 0 Å². The fraction of sp³-hybridized carbons (Fsp3) is 0.400. The topological polar surface area (TPSA) is 89.5 Å². The summed E-state index contributed by atoms with van der Waals surface area (Å²) in [5.41, 5.74) is 1.75. The van der Waals surface area contributed by atoms with Crippen LogP contribution in [0.5, 0.6) is 0 Å². The van der Waals surface area contributed by atoms with Gasteiger partial charge in [-0.05, 0) is 61.9 Å². The van der Waals surface area contributed by atoms with Gasteiger partial charge < -0.3 is 10.1 Å². The largest absolute Gasteiger partial charge is 0.462 e. The van der Waals surface area contributed by atoms with E-state index in [-0.39, 0.29) is 11.5 Å². The van der Waals surface area contributed by atoms with Crippen LogP contribution < -0.4 is 5.32 Å². The van der Waals surface area contributed by atoms with Gasteiger partial charge in [-0.3, -0.25) is 4.79 Å².